The fraction of sp³-hybridized carbons (Fsp3) is 0.462. The molecule has 34 heavy (non-hydrogen) atoms. The average Bonchev–Trinajstić information content (AvgIpc) is 2.87. The molecule has 1 aliphatic rings. The summed E-state index contributed by atoms with van der Waals surface area (Å²) in [7, 11) is 5.50. The highest BCUT2D eigenvalue weighted by Crippen LogP contribution is 2.36. The summed E-state index contributed by atoms with van der Waals surface area (Å²) >= 11 is 0. The van der Waals surface area contributed by atoms with Gasteiger partial charge in [0.1, 0.15) is 11.6 Å². The summed E-state index contributed by atoms with van der Waals surface area (Å²) in [6, 6.07) is 12.0. The molecule has 2 aromatic carbocycles. The van der Waals surface area contributed by atoms with Gasteiger partial charge in [0.05, 0.1) is 26.3 Å². The normalized spacial score (nSPS) is 14.3. The molecule has 1 N–H and O–H groups in total. The average molecular weight is 466 g/mol. The number of nitrogens with zero attached hydrogens (tertiary/aromatic N) is 4. The first kappa shape index (κ1) is 23.9. The molecule has 2 heterocycles. The maximum atomic E-state index is 6.03. The Morgan fingerprint density at radius 2 is 1.71 bits per heavy atom. The van der Waals surface area contributed by atoms with Gasteiger partial charge in [-0.2, -0.15) is 4.98 Å². The van der Waals surface area contributed by atoms with Gasteiger partial charge in [0.25, 0.3) is 0 Å². The van der Waals surface area contributed by atoms with E-state index in [4.69, 9.17) is 24.2 Å². The topological polar surface area (TPSA) is 72.0 Å². The van der Waals surface area contributed by atoms with E-state index in [1.807, 2.05) is 36.4 Å². The molecule has 0 atom stereocenters. The Hall–Kier alpha value is -3.26. The van der Waals surface area contributed by atoms with Gasteiger partial charge >= 0.3 is 0 Å². The first-order chi connectivity index (χ1) is 16.6. The number of aromatic nitrogens is 2. The van der Waals surface area contributed by atoms with Crippen LogP contribution in [0.2, 0.25) is 0 Å². The van der Waals surface area contributed by atoms with Gasteiger partial charge in [-0.15, -0.1) is 0 Å². The maximum Gasteiger partial charge on any atom is 0.225 e. The van der Waals surface area contributed by atoms with Crippen molar-refractivity contribution in [3.8, 4) is 17.2 Å². The number of methoxy groups -OCH3 is 2. The van der Waals surface area contributed by atoms with Crippen molar-refractivity contribution < 1.29 is 14.2 Å². The lowest BCUT2D eigenvalue weighted by molar-refractivity contribution is 0.289. The van der Waals surface area contributed by atoms with Crippen LogP contribution in [0.4, 0.5) is 11.8 Å². The van der Waals surface area contributed by atoms with Crippen molar-refractivity contribution in [2.24, 2.45) is 0 Å². The van der Waals surface area contributed by atoms with Crippen molar-refractivity contribution >= 4 is 22.7 Å². The zero-order valence-electron chi connectivity index (χ0n) is 20.6. The van der Waals surface area contributed by atoms with Crippen LogP contribution >= 0.6 is 0 Å². The fourth-order valence-electron chi connectivity index (χ4n) is 3.98. The van der Waals surface area contributed by atoms with Gasteiger partial charge in [0, 0.05) is 44.2 Å². The summed E-state index contributed by atoms with van der Waals surface area (Å²) in [5.41, 5.74) is 1.97. The highest BCUT2D eigenvalue weighted by Gasteiger charge is 2.21. The minimum absolute atomic E-state index is 0.599. The van der Waals surface area contributed by atoms with Crippen LogP contribution in [0.5, 0.6) is 17.2 Å². The third-order valence-corrected chi connectivity index (χ3v) is 6.13. The van der Waals surface area contributed by atoms with E-state index >= 15 is 0 Å². The summed E-state index contributed by atoms with van der Waals surface area (Å²) < 4.78 is 17.0. The molecular formula is C26H35N5O3. The molecule has 182 valence electrons. The summed E-state index contributed by atoms with van der Waals surface area (Å²) in [6.07, 6.45) is 2.07. The molecule has 0 aliphatic carbocycles. The molecule has 1 aliphatic heterocycles. The van der Waals surface area contributed by atoms with Gasteiger partial charge in [-0.05, 0) is 37.2 Å². The maximum absolute atomic E-state index is 6.03. The van der Waals surface area contributed by atoms with E-state index in [0.717, 1.165) is 67.1 Å². The van der Waals surface area contributed by atoms with Crippen LogP contribution in [-0.2, 0) is 6.54 Å². The van der Waals surface area contributed by atoms with Gasteiger partial charge in [-0.1, -0.05) is 25.5 Å². The van der Waals surface area contributed by atoms with E-state index in [2.05, 4.69) is 29.1 Å². The number of ether oxygens (including phenoxy) is 3. The van der Waals surface area contributed by atoms with Crippen LogP contribution < -0.4 is 24.4 Å². The molecule has 0 spiro atoms. The molecule has 1 aromatic heterocycles. The SMILES string of the molecule is CCCCOc1cc2nc(NCc3ccc(OC)cc3)nc(N3CCN(C)CC3)c2cc1OC. The Morgan fingerprint density at radius 3 is 2.38 bits per heavy atom. The molecule has 0 amide bonds. The molecule has 0 bridgehead atoms. The summed E-state index contributed by atoms with van der Waals surface area (Å²) in [5, 5.41) is 4.38. The van der Waals surface area contributed by atoms with Crippen LogP contribution in [0.1, 0.15) is 25.3 Å². The predicted molar refractivity (Wildman–Crippen MR) is 137 cm³/mol. The van der Waals surface area contributed by atoms with Gasteiger partial charge in [-0.25, -0.2) is 4.98 Å². The summed E-state index contributed by atoms with van der Waals surface area (Å²) in [4.78, 5) is 14.5. The van der Waals surface area contributed by atoms with Crippen LogP contribution in [0.3, 0.4) is 0 Å². The van der Waals surface area contributed by atoms with Crippen molar-refractivity contribution in [2.75, 3.05) is 64.3 Å². The van der Waals surface area contributed by atoms with Crippen LogP contribution in [0, 0.1) is 0 Å². The first-order valence-electron chi connectivity index (χ1n) is 11.9. The Balaban J connectivity index is 1.67. The number of unbranched alkanes of at least 4 members (excludes halogenated alkanes) is 1. The van der Waals surface area contributed by atoms with E-state index in [-0.39, 0.29) is 0 Å². The number of fused-ring (bicyclic) bond motifs is 1. The molecule has 1 fully saturated rings. The minimum atomic E-state index is 0.599. The molecule has 8 nitrogen and oxygen atoms in total. The van der Waals surface area contributed by atoms with Crippen molar-refractivity contribution in [1.29, 1.82) is 0 Å². The van der Waals surface area contributed by atoms with Crippen molar-refractivity contribution in [3.05, 3.63) is 42.0 Å². The second-order valence-electron chi connectivity index (χ2n) is 8.59. The van der Waals surface area contributed by atoms with E-state index < -0.39 is 0 Å². The zero-order chi connectivity index (χ0) is 23.9. The summed E-state index contributed by atoms with van der Waals surface area (Å²) in [6.45, 7) is 7.24. The number of hydrogen-bond acceptors (Lipinski definition) is 8. The molecule has 0 saturated carbocycles. The molecular weight excluding hydrogens is 430 g/mol. The third-order valence-electron chi connectivity index (χ3n) is 6.13. The molecule has 0 unspecified atom stereocenters. The first-order valence-corrected chi connectivity index (χ1v) is 11.9. The predicted octanol–water partition coefficient (Wildman–Crippen LogP) is 4.19. The Bertz CT molecular complexity index is 1080. The Kier molecular flexibility index (Phi) is 7.90. The van der Waals surface area contributed by atoms with Crippen molar-refractivity contribution in [1.82, 2.24) is 14.9 Å². The molecule has 8 heteroatoms. The van der Waals surface area contributed by atoms with Gasteiger partial charge in [0.2, 0.25) is 5.95 Å². The number of benzene rings is 2. The number of piperazine rings is 1. The Morgan fingerprint density at radius 1 is 0.941 bits per heavy atom. The minimum Gasteiger partial charge on any atom is -0.497 e. The smallest absolute Gasteiger partial charge is 0.225 e. The van der Waals surface area contributed by atoms with Crippen LogP contribution in [-0.4, -0.2) is 68.9 Å². The van der Waals surface area contributed by atoms with E-state index in [1.165, 1.54) is 0 Å². The highest BCUT2D eigenvalue weighted by atomic mass is 16.5. The second kappa shape index (κ2) is 11.2. The standard InChI is InChI=1S/C26H35N5O3/c1-5-6-15-34-24-17-22-21(16-23(24)33-4)25(31-13-11-30(2)12-14-31)29-26(28-22)27-18-19-7-9-20(32-3)10-8-19/h7-10,16-17H,5-6,11-15,18H2,1-4H3,(H,27,28,29). The lowest BCUT2D eigenvalue weighted by atomic mass is 10.1. The second-order valence-corrected chi connectivity index (χ2v) is 8.59. The van der Waals surface area contributed by atoms with Gasteiger partial charge in [0.15, 0.2) is 11.5 Å². The van der Waals surface area contributed by atoms with E-state index in [0.29, 0.717) is 30.6 Å². The third kappa shape index (κ3) is 5.62. The largest absolute Gasteiger partial charge is 0.497 e. The lowest BCUT2D eigenvalue weighted by Crippen LogP contribution is -2.45. The van der Waals surface area contributed by atoms with Crippen molar-refractivity contribution in [2.45, 2.75) is 26.3 Å². The van der Waals surface area contributed by atoms with Crippen LogP contribution in [0.15, 0.2) is 36.4 Å². The highest BCUT2D eigenvalue weighted by molar-refractivity contribution is 5.93. The fourth-order valence-corrected chi connectivity index (χ4v) is 3.98. The quantitative estimate of drug-likeness (QED) is 0.447. The zero-order valence-corrected chi connectivity index (χ0v) is 20.6. The number of likely N-dealkylation sites (N-methyl/N-ethyl adjacent to an activating group) is 1. The lowest BCUT2D eigenvalue weighted by Gasteiger charge is -2.34. The summed E-state index contributed by atoms with van der Waals surface area (Å²) in [5.74, 6) is 3.79. The van der Waals surface area contributed by atoms with Gasteiger partial charge < -0.3 is 29.3 Å². The van der Waals surface area contributed by atoms with Gasteiger partial charge in [-0.3, -0.25) is 0 Å². The van der Waals surface area contributed by atoms with Crippen LogP contribution in [0.25, 0.3) is 10.9 Å². The number of anilines is 2. The van der Waals surface area contributed by atoms with E-state index in [9.17, 15) is 0 Å². The molecule has 3 aromatic rings. The number of hydrogen-bond donors (Lipinski definition) is 1. The number of nitrogens with one attached hydrogen (secondary N) is 1. The van der Waals surface area contributed by atoms with Crippen molar-refractivity contribution in [3.63, 3.8) is 0 Å². The molecule has 1 saturated heterocycles. The Labute approximate surface area is 201 Å². The number of rotatable bonds is 10. The molecule has 4 rings (SSSR count). The molecule has 0 radical (unpaired) electrons. The van der Waals surface area contributed by atoms with E-state index in [1.54, 1.807) is 14.2 Å². The monoisotopic (exact) mass is 465 g/mol.